The first-order valence-electron chi connectivity index (χ1n) is 9.40. The van der Waals surface area contributed by atoms with Gasteiger partial charge in [0.1, 0.15) is 12.2 Å². The molecule has 0 atom stereocenters. The van der Waals surface area contributed by atoms with Crippen molar-refractivity contribution in [3.63, 3.8) is 0 Å². The van der Waals surface area contributed by atoms with Gasteiger partial charge in [0.15, 0.2) is 0 Å². The molecule has 2 aliphatic rings. The van der Waals surface area contributed by atoms with Crippen molar-refractivity contribution in [2.75, 3.05) is 19.7 Å². The predicted molar refractivity (Wildman–Crippen MR) is 96.2 cm³/mol. The molecule has 2 N–H and O–H groups in total. The Morgan fingerprint density at radius 3 is 2.40 bits per heavy atom. The van der Waals surface area contributed by atoms with E-state index in [-0.39, 0.29) is 24.5 Å². The van der Waals surface area contributed by atoms with Gasteiger partial charge in [0, 0.05) is 12.0 Å². The maximum atomic E-state index is 12.6. The summed E-state index contributed by atoms with van der Waals surface area (Å²) in [4.78, 5) is 24.1. The van der Waals surface area contributed by atoms with E-state index >= 15 is 0 Å². The van der Waals surface area contributed by atoms with E-state index in [1.54, 1.807) is 0 Å². The van der Waals surface area contributed by atoms with Gasteiger partial charge in [0.05, 0.1) is 5.92 Å². The maximum absolute atomic E-state index is 12.6. The number of hydrogen-bond acceptors (Lipinski definition) is 5. The number of amides is 1. The van der Waals surface area contributed by atoms with Gasteiger partial charge in [0.2, 0.25) is 0 Å². The zero-order valence-electron chi connectivity index (χ0n) is 15.5. The summed E-state index contributed by atoms with van der Waals surface area (Å²) in [5, 5.41) is 6.19. The average molecular weight is 352 g/mol. The summed E-state index contributed by atoms with van der Waals surface area (Å²) in [6.07, 6.45) is 6.25. The van der Waals surface area contributed by atoms with Crippen molar-refractivity contribution in [2.24, 2.45) is 11.8 Å². The van der Waals surface area contributed by atoms with Crippen molar-refractivity contribution in [1.29, 1.82) is 0 Å². The zero-order valence-corrected chi connectivity index (χ0v) is 15.5. The van der Waals surface area contributed by atoms with Gasteiger partial charge in [-0.25, -0.2) is 4.79 Å². The second kappa shape index (κ2) is 9.22. The second-order valence-electron chi connectivity index (χ2n) is 7.63. The number of esters is 1. The predicted octanol–water partition coefficient (Wildman–Crippen LogP) is 2.78. The smallest absolute Gasteiger partial charge is 0.407 e. The summed E-state index contributed by atoms with van der Waals surface area (Å²) >= 11 is 0. The number of carbonyl (C=O) groups is 2. The first-order chi connectivity index (χ1) is 11.9. The van der Waals surface area contributed by atoms with Crippen LogP contribution in [0.15, 0.2) is 12.7 Å². The number of alkyl carbamates (subject to hydrolysis) is 1. The topological polar surface area (TPSA) is 76.7 Å². The van der Waals surface area contributed by atoms with E-state index in [0.29, 0.717) is 5.92 Å². The molecule has 2 rings (SSSR count). The van der Waals surface area contributed by atoms with Gasteiger partial charge in [0.25, 0.3) is 0 Å². The standard InChI is InChI=1S/C19H32N2O4/c1-4-13-24-18(23)21-16-7-5-14(6-8-16)17(22)25-19(2,3)15-9-11-20-12-10-15/h4,14-16,20H,1,5-13H2,2-3H3,(H,21,23). The van der Waals surface area contributed by atoms with Gasteiger partial charge in [-0.05, 0) is 65.5 Å². The van der Waals surface area contributed by atoms with E-state index in [1.807, 2.05) is 13.8 Å². The molecular weight excluding hydrogens is 320 g/mol. The van der Waals surface area contributed by atoms with Crippen molar-refractivity contribution in [3.8, 4) is 0 Å². The monoisotopic (exact) mass is 352 g/mol. The van der Waals surface area contributed by atoms with Crippen LogP contribution in [0.2, 0.25) is 0 Å². The van der Waals surface area contributed by atoms with E-state index in [1.165, 1.54) is 6.08 Å². The van der Waals surface area contributed by atoms with Crippen LogP contribution in [-0.4, -0.2) is 43.4 Å². The summed E-state index contributed by atoms with van der Waals surface area (Å²) in [5.41, 5.74) is -0.414. The fraction of sp³-hybridized carbons (Fsp3) is 0.789. The van der Waals surface area contributed by atoms with Gasteiger partial charge < -0.3 is 20.1 Å². The Labute approximate surface area is 150 Å². The van der Waals surface area contributed by atoms with Crippen LogP contribution in [0, 0.1) is 11.8 Å². The molecule has 0 unspecified atom stereocenters. The molecule has 6 nitrogen and oxygen atoms in total. The molecular formula is C19H32N2O4. The Morgan fingerprint density at radius 2 is 1.80 bits per heavy atom. The zero-order chi connectivity index (χ0) is 18.3. The third kappa shape index (κ3) is 6.03. The molecule has 0 spiro atoms. The largest absolute Gasteiger partial charge is 0.459 e. The summed E-state index contributed by atoms with van der Waals surface area (Å²) in [6.45, 7) is 9.76. The minimum atomic E-state index is -0.419. The highest BCUT2D eigenvalue weighted by atomic mass is 16.6. The van der Waals surface area contributed by atoms with Gasteiger partial charge in [-0.2, -0.15) is 0 Å². The van der Waals surface area contributed by atoms with Crippen LogP contribution in [0.25, 0.3) is 0 Å². The molecule has 25 heavy (non-hydrogen) atoms. The molecule has 0 aromatic carbocycles. The van der Waals surface area contributed by atoms with Gasteiger partial charge >= 0.3 is 12.1 Å². The number of carbonyl (C=O) groups excluding carboxylic acids is 2. The van der Waals surface area contributed by atoms with Gasteiger partial charge in [-0.15, -0.1) is 0 Å². The highest BCUT2D eigenvalue weighted by Gasteiger charge is 2.37. The van der Waals surface area contributed by atoms with Crippen molar-refractivity contribution in [1.82, 2.24) is 10.6 Å². The molecule has 6 heteroatoms. The summed E-state index contributed by atoms with van der Waals surface area (Å²) in [7, 11) is 0. The highest BCUT2D eigenvalue weighted by Crippen LogP contribution is 2.32. The molecule has 1 amide bonds. The quantitative estimate of drug-likeness (QED) is 0.568. The van der Waals surface area contributed by atoms with Crippen LogP contribution < -0.4 is 10.6 Å². The minimum absolute atomic E-state index is 0.0664. The Kier molecular flexibility index (Phi) is 7.29. The van der Waals surface area contributed by atoms with E-state index in [4.69, 9.17) is 9.47 Å². The average Bonchev–Trinajstić information content (AvgIpc) is 2.61. The molecule has 1 aliphatic heterocycles. The summed E-state index contributed by atoms with van der Waals surface area (Å²) in [6, 6.07) is 0.0683. The van der Waals surface area contributed by atoms with E-state index < -0.39 is 11.7 Å². The van der Waals surface area contributed by atoms with Gasteiger partial charge in [-0.3, -0.25) is 4.79 Å². The van der Waals surface area contributed by atoms with Crippen LogP contribution in [0.1, 0.15) is 52.4 Å². The van der Waals surface area contributed by atoms with Crippen LogP contribution in [0.3, 0.4) is 0 Å². The molecule has 1 heterocycles. The number of hydrogen-bond donors (Lipinski definition) is 2. The maximum Gasteiger partial charge on any atom is 0.407 e. The third-order valence-electron chi connectivity index (χ3n) is 5.40. The molecule has 1 saturated carbocycles. The first-order valence-corrected chi connectivity index (χ1v) is 9.40. The lowest BCUT2D eigenvalue weighted by Gasteiger charge is -2.38. The van der Waals surface area contributed by atoms with Crippen LogP contribution in [-0.2, 0) is 14.3 Å². The minimum Gasteiger partial charge on any atom is -0.459 e. The fourth-order valence-electron chi connectivity index (χ4n) is 3.76. The van der Waals surface area contributed by atoms with Crippen molar-refractivity contribution in [2.45, 2.75) is 64.0 Å². The van der Waals surface area contributed by atoms with Crippen LogP contribution in [0.4, 0.5) is 4.79 Å². The Hall–Kier alpha value is -1.56. The molecule has 0 radical (unpaired) electrons. The number of nitrogens with one attached hydrogen (secondary N) is 2. The van der Waals surface area contributed by atoms with E-state index in [9.17, 15) is 9.59 Å². The molecule has 1 saturated heterocycles. The normalized spacial score (nSPS) is 25.0. The lowest BCUT2D eigenvalue weighted by atomic mass is 9.82. The Bertz CT molecular complexity index is 464. The van der Waals surface area contributed by atoms with E-state index in [0.717, 1.165) is 51.6 Å². The van der Waals surface area contributed by atoms with E-state index in [2.05, 4.69) is 17.2 Å². The SMILES string of the molecule is C=CCOC(=O)NC1CCC(C(=O)OC(C)(C)C2CCNCC2)CC1. The Balaban J connectivity index is 1.75. The lowest BCUT2D eigenvalue weighted by molar-refractivity contribution is -0.169. The summed E-state index contributed by atoms with van der Waals surface area (Å²) in [5.74, 6) is 0.259. The van der Waals surface area contributed by atoms with Crippen LogP contribution in [0.5, 0.6) is 0 Å². The second-order valence-corrected chi connectivity index (χ2v) is 7.63. The van der Waals surface area contributed by atoms with Crippen LogP contribution >= 0.6 is 0 Å². The molecule has 0 bridgehead atoms. The molecule has 142 valence electrons. The third-order valence-corrected chi connectivity index (χ3v) is 5.40. The van der Waals surface area contributed by atoms with Gasteiger partial charge in [-0.1, -0.05) is 12.7 Å². The Morgan fingerprint density at radius 1 is 1.16 bits per heavy atom. The lowest BCUT2D eigenvalue weighted by Crippen LogP contribution is -2.45. The van der Waals surface area contributed by atoms with Crippen molar-refractivity contribution >= 4 is 12.1 Å². The number of rotatable bonds is 6. The summed E-state index contributed by atoms with van der Waals surface area (Å²) < 4.78 is 10.8. The van der Waals surface area contributed by atoms with Crippen molar-refractivity contribution in [3.05, 3.63) is 12.7 Å². The highest BCUT2D eigenvalue weighted by molar-refractivity contribution is 5.73. The first kappa shape index (κ1) is 19.8. The molecule has 2 fully saturated rings. The number of ether oxygens (including phenoxy) is 2. The number of piperidine rings is 1. The molecule has 1 aliphatic carbocycles. The molecule has 0 aromatic rings. The van der Waals surface area contributed by atoms with Crippen molar-refractivity contribution < 1.29 is 19.1 Å². The molecule has 0 aromatic heterocycles. The fourth-order valence-corrected chi connectivity index (χ4v) is 3.76.